The van der Waals surface area contributed by atoms with Gasteiger partial charge in [0.15, 0.2) is 5.66 Å². The van der Waals surface area contributed by atoms with Crippen molar-refractivity contribution in [3.8, 4) is 0 Å². The fourth-order valence-corrected chi connectivity index (χ4v) is 1.61. The first kappa shape index (κ1) is 11.0. The van der Waals surface area contributed by atoms with Crippen LogP contribution in [0.3, 0.4) is 0 Å². The van der Waals surface area contributed by atoms with Crippen molar-refractivity contribution in [2.24, 2.45) is 0 Å². The summed E-state index contributed by atoms with van der Waals surface area (Å²) in [6.07, 6.45) is 2.33. The quantitative estimate of drug-likeness (QED) is 0.600. The molecule has 0 aromatic carbocycles. The summed E-state index contributed by atoms with van der Waals surface area (Å²) in [4.78, 5) is 22.3. The highest BCUT2D eigenvalue weighted by atomic mass is 16.4. The van der Waals surface area contributed by atoms with E-state index in [0.29, 0.717) is 19.4 Å². The average molecular weight is 200 g/mol. The van der Waals surface area contributed by atoms with Gasteiger partial charge in [0.25, 0.3) is 0 Å². The summed E-state index contributed by atoms with van der Waals surface area (Å²) in [6.45, 7) is 2.52. The van der Waals surface area contributed by atoms with Crippen molar-refractivity contribution in [1.82, 2.24) is 10.6 Å². The monoisotopic (exact) mass is 200 g/mol. The lowest BCUT2D eigenvalue weighted by Crippen LogP contribution is -2.60. The number of nitrogens with one attached hydrogen (secondary N) is 2. The van der Waals surface area contributed by atoms with Gasteiger partial charge in [0, 0.05) is 6.42 Å². The minimum atomic E-state index is -1.22. The molecule has 1 aliphatic heterocycles. The lowest BCUT2D eigenvalue weighted by molar-refractivity contribution is -0.148. The summed E-state index contributed by atoms with van der Waals surface area (Å²) in [5.74, 6) is -1.20. The molecule has 0 aliphatic carbocycles. The van der Waals surface area contributed by atoms with Gasteiger partial charge < -0.3 is 10.4 Å². The first-order valence-electron chi connectivity index (χ1n) is 4.90. The average Bonchev–Trinajstić information content (AvgIpc) is 2.54. The number of hydrogen-bond acceptors (Lipinski definition) is 3. The first-order chi connectivity index (χ1) is 6.60. The predicted octanol–water partition coefficient (Wildman–Crippen LogP) is 0.0670. The van der Waals surface area contributed by atoms with Crippen LogP contribution >= 0.6 is 0 Å². The summed E-state index contributed by atoms with van der Waals surface area (Å²) in [5, 5.41) is 14.4. The van der Waals surface area contributed by atoms with Gasteiger partial charge >= 0.3 is 5.97 Å². The van der Waals surface area contributed by atoms with Gasteiger partial charge in [0.1, 0.15) is 0 Å². The molecule has 1 atom stereocenters. The number of carbonyl (C=O) groups is 2. The largest absolute Gasteiger partial charge is 0.478 e. The number of hydrogen-bond donors (Lipinski definition) is 3. The second-order valence-corrected chi connectivity index (χ2v) is 3.54. The highest BCUT2D eigenvalue weighted by molar-refractivity contribution is 5.86. The normalized spacial score (nSPS) is 26.1. The molecule has 1 aliphatic rings. The molecule has 3 N–H and O–H groups in total. The Balaban J connectivity index is 2.60. The van der Waals surface area contributed by atoms with Crippen LogP contribution in [0.15, 0.2) is 0 Å². The molecule has 5 nitrogen and oxygen atoms in total. The van der Waals surface area contributed by atoms with Gasteiger partial charge in [-0.1, -0.05) is 6.92 Å². The molecule has 1 fully saturated rings. The molecule has 5 heteroatoms. The molecule has 14 heavy (non-hydrogen) atoms. The molecule has 0 unspecified atom stereocenters. The van der Waals surface area contributed by atoms with E-state index < -0.39 is 11.6 Å². The smallest absolute Gasteiger partial charge is 0.344 e. The minimum absolute atomic E-state index is 0.204. The molecule has 1 heterocycles. The van der Waals surface area contributed by atoms with Crippen molar-refractivity contribution in [1.29, 1.82) is 0 Å². The Morgan fingerprint density at radius 3 is 2.71 bits per heavy atom. The van der Waals surface area contributed by atoms with E-state index in [-0.39, 0.29) is 5.91 Å². The first-order valence-corrected chi connectivity index (χ1v) is 4.90. The molecule has 1 saturated heterocycles. The Morgan fingerprint density at radius 2 is 2.29 bits per heavy atom. The zero-order valence-corrected chi connectivity index (χ0v) is 8.30. The zero-order valence-electron chi connectivity index (χ0n) is 8.30. The van der Waals surface area contributed by atoms with Crippen LogP contribution in [0.5, 0.6) is 0 Å². The second-order valence-electron chi connectivity index (χ2n) is 3.54. The standard InChI is InChI=1S/C9H16N2O3/c1-2-4-7(12)11-9(8(13)14)5-3-6-10-9/h10H,2-6H2,1H3,(H,11,12)(H,13,14)/t9-/m1/s1. The van der Waals surface area contributed by atoms with Crippen LogP contribution in [0.4, 0.5) is 0 Å². The van der Waals surface area contributed by atoms with Crippen LogP contribution < -0.4 is 10.6 Å². The van der Waals surface area contributed by atoms with Crippen LogP contribution in [0.1, 0.15) is 32.6 Å². The molecule has 0 saturated carbocycles. The number of rotatable bonds is 4. The minimum Gasteiger partial charge on any atom is -0.478 e. The van der Waals surface area contributed by atoms with Crippen LogP contribution in [0.2, 0.25) is 0 Å². The molecule has 0 spiro atoms. The maximum atomic E-state index is 11.3. The van der Waals surface area contributed by atoms with E-state index >= 15 is 0 Å². The van der Waals surface area contributed by atoms with Crippen molar-refractivity contribution < 1.29 is 14.7 Å². The van der Waals surface area contributed by atoms with E-state index in [1.807, 2.05) is 6.92 Å². The van der Waals surface area contributed by atoms with Crippen LogP contribution in [0.25, 0.3) is 0 Å². The number of carboxylic acid groups (broad SMARTS) is 1. The van der Waals surface area contributed by atoms with Crippen molar-refractivity contribution in [2.45, 2.75) is 38.3 Å². The molecule has 0 aromatic rings. The summed E-state index contributed by atoms with van der Waals surface area (Å²) in [5.41, 5.74) is -1.22. The Kier molecular flexibility index (Phi) is 3.46. The molecule has 1 rings (SSSR count). The molecule has 0 aromatic heterocycles. The molecule has 1 amide bonds. The third-order valence-corrected chi connectivity index (χ3v) is 2.35. The van der Waals surface area contributed by atoms with Crippen molar-refractivity contribution >= 4 is 11.9 Å². The van der Waals surface area contributed by atoms with Gasteiger partial charge in [-0.15, -0.1) is 0 Å². The van der Waals surface area contributed by atoms with E-state index in [9.17, 15) is 9.59 Å². The highest BCUT2D eigenvalue weighted by Gasteiger charge is 2.42. The fourth-order valence-electron chi connectivity index (χ4n) is 1.61. The Hall–Kier alpha value is -1.10. The summed E-state index contributed by atoms with van der Waals surface area (Å²) in [6, 6.07) is 0. The molecule has 0 bridgehead atoms. The van der Waals surface area contributed by atoms with Gasteiger partial charge in [-0.3, -0.25) is 10.1 Å². The van der Waals surface area contributed by atoms with E-state index in [0.717, 1.165) is 12.8 Å². The summed E-state index contributed by atoms with van der Waals surface area (Å²) in [7, 11) is 0. The van der Waals surface area contributed by atoms with E-state index in [2.05, 4.69) is 10.6 Å². The van der Waals surface area contributed by atoms with Gasteiger partial charge in [-0.25, -0.2) is 4.79 Å². The topological polar surface area (TPSA) is 78.4 Å². The third-order valence-electron chi connectivity index (χ3n) is 2.35. The van der Waals surface area contributed by atoms with Crippen LogP contribution in [-0.2, 0) is 9.59 Å². The maximum Gasteiger partial charge on any atom is 0.344 e. The van der Waals surface area contributed by atoms with Gasteiger partial charge in [0.05, 0.1) is 0 Å². The molecular formula is C9H16N2O3. The maximum absolute atomic E-state index is 11.3. The van der Waals surface area contributed by atoms with Gasteiger partial charge in [-0.05, 0) is 25.8 Å². The lowest BCUT2D eigenvalue weighted by Gasteiger charge is -2.25. The van der Waals surface area contributed by atoms with Crippen molar-refractivity contribution in [2.75, 3.05) is 6.54 Å². The van der Waals surface area contributed by atoms with E-state index in [1.165, 1.54) is 0 Å². The van der Waals surface area contributed by atoms with Gasteiger partial charge in [0.2, 0.25) is 5.91 Å². The molecule has 80 valence electrons. The SMILES string of the molecule is CCCC(=O)N[C@@]1(C(=O)O)CCCN1. The Bertz CT molecular complexity index is 234. The number of carbonyl (C=O) groups excluding carboxylic acids is 1. The Labute approximate surface area is 82.9 Å². The number of aliphatic carboxylic acids is 1. The van der Waals surface area contributed by atoms with Gasteiger partial charge in [-0.2, -0.15) is 0 Å². The van der Waals surface area contributed by atoms with Crippen molar-refractivity contribution in [3.63, 3.8) is 0 Å². The lowest BCUT2D eigenvalue weighted by atomic mass is 10.1. The predicted molar refractivity (Wildman–Crippen MR) is 50.7 cm³/mol. The third kappa shape index (κ3) is 2.23. The highest BCUT2D eigenvalue weighted by Crippen LogP contribution is 2.16. The van der Waals surface area contributed by atoms with E-state index in [1.54, 1.807) is 0 Å². The number of amides is 1. The Morgan fingerprint density at radius 1 is 1.57 bits per heavy atom. The summed E-state index contributed by atoms with van der Waals surface area (Å²) < 4.78 is 0. The van der Waals surface area contributed by atoms with Crippen molar-refractivity contribution in [3.05, 3.63) is 0 Å². The van der Waals surface area contributed by atoms with Crippen LogP contribution in [0, 0.1) is 0 Å². The van der Waals surface area contributed by atoms with E-state index in [4.69, 9.17) is 5.11 Å². The molecular weight excluding hydrogens is 184 g/mol. The molecule has 0 radical (unpaired) electrons. The van der Waals surface area contributed by atoms with Crippen LogP contribution in [-0.4, -0.2) is 29.2 Å². The fraction of sp³-hybridized carbons (Fsp3) is 0.778. The zero-order chi connectivity index (χ0) is 10.6. The summed E-state index contributed by atoms with van der Waals surface area (Å²) >= 11 is 0. The second kappa shape index (κ2) is 4.41. The number of carboxylic acids is 1.